The number of urea groups is 1. The van der Waals surface area contributed by atoms with Crippen molar-refractivity contribution in [3.63, 3.8) is 0 Å². The number of benzene rings is 1. The minimum Gasteiger partial charge on any atom is -0.462 e. The smallest absolute Gasteiger partial charge is 0.341 e. The molecule has 0 aliphatic heterocycles. The highest BCUT2D eigenvalue weighted by Crippen LogP contribution is 2.34. The van der Waals surface area contributed by atoms with Crippen LogP contribution in [-0.2, 0) is 4.74 Å². The molecule has 8 heteroatoms. The third-order valence-corrected chi connectivity index (χ3v) is 4.96. The maximum atomic E-state index is 12.4. The van der Waals surface area contributed by atoms with Gasteiger partial charge >= 0.3 is 12.0 Å². The van der Waals surface area contributed by atoms with Gasteiger partial charge in [-0.2, -0.15) is 0 Å². The Labute approximate surface area is 162 Å². The quantitative estimate of drug-likeness (QED) is 0.760. The third kappa shape index (κ3) is 4.85. The van der Waals surface area contributed by atoms with E-state index < -0.39 is 12.0 Å². The predicted octanol–water partition coefficient (Wildman–Crippen LogP) is 3.89. The van der Waals surface area contributed by atoms with Gasteiger partial charge < -0.3 is 15.0 Å². The number of thiophene rings is 1. The lowest BCUT2D eigenvalue weighted by Crippen LogP contribution is -2.21. The Morgan fingerprint density at radius 3 is 2.26 bits per heavy atom. The fourth-order valence-electron chi connectivity index (χ4n) is 2.36. The molecule has 0 atom stereocenters. The topological polar surface area (TPSA) is 87.7 Å². The van der Waals surface area contributed by atoms with Gasteiger partial charge in [0.15, 0.2) is 0 Å². The van der Waals surface area contributed by atoms with E-state index in [2.05, 4.69) is 10.6 Å². The van der Waals surface area contributed by atoms with Crippen molar-refractivity contribution in [3.8, 4) is 0 Å². The molecule has 0 aliphatic rings. The van der Waals surface area contributed by atoms with Crippen molar-refractivity contribution in [2.45, 2.75) is 20.8 Å². The summed E-state index contributed by atoms with van der Waals surface area (Å²) < 4.78 is 5.09. The van der Waals surface area contributed by atoms with Gasteiger partial charge in [-0.25, -0.2) is 9.59 Å². The molecular weight excluding hydrogens is 366 g/mol. The molecule has 144 valence electrons. The summed E-state index contributed by atoms with van der Waals surface area (Å²) in [6.07, 6.45) is 0. The van der Waals surface area contributed by atoms with Crippen molar-refractivity contribution in [3.05, 3.63) is 45.8 Å². The van der Waals surface area contributed by atoms with Crippen LogP contribution in [0, 0.1) is 13.8 Å². The van der Waals surface area contributed by atoms with Crippen LogP contribution in [0.2, 0.25) is 0 Å². The van der Waals surface area contributed by atoms with Gasteiger partial charge in [0.25, 0.3) is 5.91 Å². The molecule has 1 heterocycles. The maximum absolute atomic E-state index is 12.4. The van der Waals surface area contributed by atoms with Gasteiger partial charge in [-0.3, -0.25) is 10.1 Å². The number of hydrogen-bond donors (Lipinski definition) is 2. The molecular formula is C19H23N3O4S. The minimum absolute atomic E-state index is 0.195. The number of amides is 3. The molecule has 7 nitrogen and oxygen atoms in total. The number of carbonyl (C=O) groups is 3. The van der Waals surface area contributed by atoms with Crippen LogP contribution >= 0.6 is 11.3 Å². The normalized spacial score (nSPS) is 10.3. The first-order chi connectivity index (χ1) is 12.7. The van der Waals surface area contributed by atoms with Gasteiger partial charge in [0.05, 0.1) is 17.0 Å². The van der Waals surface area contributed by atoms with Gasteiger partial charge in [0, 0.05) is 19.8 Å². The first-order valence-electron chi connectivity index (χ1n) is 8.41. The molecule has 27 heavy (non-hydrogen) atoms. The van der Waals surface area contributed by atoms with Crippen molar-refractivity contribution in [2.24, 2.45) is 0 Å². The van der Waals surface area contributed by atoms with Crippen LogP contribution in [-0.4, -0.2) is 43.5 Å². The van der Waals surface area contributed by atoms with Crippen molar-refractivity contribution in [1.82, 2.24) is 4.90 Å². The second-order valence-electron chi connectivity index (χ2n) is 6.13. The molecule has 0 saturated carbocycles. The highest BCUT2D eigenvalue weighted by molar-refractivity contribution is 7.18. The molecule has 0 bridgehead atoms. The number of carbonyl (C=O) groups excluding carboxylic acids is 3. The number of aryl methyl sites for hydroxylation is 1. The standard InChI is InChI=1S/C19H23N3O4S/c1-6-26-18(24)14-12(3)15(17(23)22(4)5)27-16(14)21-19(25)20-13-9-7-11(2)8-10-13/h7-10H,6H2,1-5H3,(H2,20,21,25). The summed E-state index contributed by atoms with van der Waals surface area (Å²) in [7, 11) is 3.26. The molecule has 1 aromatic heterocycles. The van der Waals surface area contributed by atoms with E-state index in [0.29, 0.717) is 16.1 Å². The van der Waals surface area contributed by atoms with Gasteiger partial charge in [-0.05, 0) is 38.5 Å². The number of hydrogen-bond acceptors (Lipinski definition) is 5. The molecule has 3 amide bonds. The van der Waals surface area contributed by atoms with Crippen LogP contribution in [0.3, 0.4) is 0 Å². The lowest BCUT2D eigenvalue weighted by Gasteiger charge is -2.09. The number of anilines is 2. The Hall–Kier alpha value is -2.87. The van der Waals surface area contributed by atoms with Gasteiger partial charge in [-0.15, -0.1) is 11.3 Å². The molecule has 0 unspecified atom stereocenters. The summed E-state index contributed by atoms with van der Waals surface area (Å²) in [5, 5.41) is 5.65. The average Bonchev–Trinajstić information content (AvgIpc) is 2.92. The first-order valence-corrected chi connectivity index (χ1v) is 9.23. The molecule has 0 saturated heterocycles. The number of nitrogens with zero attached hydrogens (tertiary/aromatic N) is 1. The summed E-state index contributed by atoms with van der Waals surface area (Å²) >= 11 is 1.05. The van der Waals surface area contributed by atoms with Crippen LogP contribution < -0.4 is 10.6 Å². The van der Waals surface area contributed by atoms with Crippen molar-refractivity contribution < 1.29 is 19.1 Å². The van der Waals surface area contributed by atoms with E-state index in [9.17, 15) is 14.4 Å². The van der Waals surface area contributed by atoms with E-state index in [4.69, 9.17) is 4.74 Å². The lowest BCUT2D eigenvalue weighted by atomic mass is 10.1. The highest BCUT2D eigenvalue weighted by atomic mass is 32.1. The van der Waals surface area contributed by atoms with Gasteiger partial charge in [-0.1, -0.05) is 17.7 Å². The van der Waals surface area contributed by atoms with Crippen LogP contribution in [0.4, 0.5) is 15.5 Å². The number of rotatable bonds is 5. The maximum Gasteiger partial charge on any atom is 0.341 e. The van der Waals surface area contributed by atoms with Crippen LogP contribution in [0.5, 0.6) is 0 Å². The SMILES string of the molecule is CCOC(=O)c1c(NC(=O)Nc2ccc(C)cc2)sc(C(=O)N(C)C)c1C. The van der Waals surface area contributed by atoms with Crippen molar-refractivity contribution in [2.75, 3.05) is 31.3 Å². The molecule has 0 spiro atoms. The Morgan fingerprint density at radius 2 is 1.70 bits per heavy atom. The monoisotopic (exact) mass is 389 g/mol. The number of esters is 1. The zero-order valence-corrected chi connectivity index (χ0v) is 16.8. The molecule has 1 aromatic carbocycles. The summed E-state index contributed by atoms with van der Waals surface area (Å²) in [6.45, 7) is 5.51. The van der Waals surface area contributed by atoms with Gasteiger partial charge in [0.1, 0.15) is 5.00 Å². The van der Waals surface area contributed by atoms with Crippen molar-refractivity contribution in [1.29, 1.82) is 0 Å². The van der Waals surface area contributed by atoms with Crippen molar-refractivity contribution >= 4 is 39.9 Å². The van der Waals surface area contributed by atoms with E-state index >= 15 is 0 Å². The van der Waals surface area contributed by atoms with E-state index in [0.717, 1.165) is 16.9 Å². The number of ether oxygens (including phenoxy) is 1. The molecule has 0 aliphatic carbocycles. The van der Waals surface area contributed by atoms with E-state index in [-0.39, 0.29) is 23.1 Å². The second kappa shape index (κ2) is 8.68. The van der Waals surface area contributed by atoms with E-state index in [1.807, 2.05) is 19.1 Å². The molecule has 2 aromatic rings. The fourth-order valence-corrected chi connectivity index (χ4v) is 3.57. The molecule has 2 N–H and O–H groups in total. The summed E-state index contributed by atoms with van der Waals surface area (Å²) in [6, 6.07) is 6.81. The minimum atomic E-state index is -0.574. The second-order valence-corrected chi connectivity index (χ2v) is 7.15. The Balaban J connectivity index is 2.31. The Bertz CT molecular complexity index is 857. The van der Waals surface area contributed by atoms with Crippen LogP contribution in [0.1, 0.15) is 38.1 Å². The summed E-state index contributed by atoms with van der Waals surface area (Å²) in [4.78, 5) is 38.9. The van der Waals surface area contributed by atoms with Crippen LogP contribution in [0.15, 0.2) is 24.3 Å². The average molecular weight is 389 g/mol. The van der Waals surface area contributed by atoms with Gasteiger partial charge in [0.2, 0.25) is 0 Å². The summed E-state index contributed by atoms with van der Waals surface area (Å²) in [5.41, 5.74) is 2.38. The zero-order valence-electron chi connectivity index (χ0n) is 16.0. The zero-order chi connectivity index (χ0) is 20.1. The number of nitrogens with one attached hydrogen (secondary N) is 2. The first kappa shape index (κ1) is 20.4. The van der Waals surface area contributed by atoms with Crippen LogP contribution in [0.25, 0.3) is 0 Å². The third-order valence-electron chi connectivity index (χ3n) is 3.76. The molecule has 2 rings (SSSR count). The Morgan fingerprint density at radius 1 is 1.07 bits per heavy atom. The molecule has 0 fully saturated rings. The lowest BCUT2D eigenvalue weighted by molar-refractivity contribution is 0.0527. The molecule has 0 radical (unpaired) electrons. The Kier molecular flexibility index (Phi) is 6.57. The summed E-state index contributed by atoms with van der Waals surface area (Å²) in [5.74, 6) is -0.815. The van der Waals surface area contributed by atoms with E-state index in [1.165, 1.54) is 4.90 Å². The van der Waals surface area contributed by atoms with E-state index in [1.54, 1.807) is 40.1 Å². The highest BCUT2D eigenvalue weighted by Gasteiger charge is 2.27. The largest absolute Gasteiger partial charge is 0.462 e. The predicted molar refractivity (Wildman–Crippen MR) is 107 cm³/mol. The fraction of sp³-hybridized carbons (Fsp3) is 0.316.